The summed E-state index contributed by atoms with van der Waals surface area (Å²) in [5, 5.41) is 0.973. The van der Waals surface area contributed by atoms with Crippen molar-refractivity contribution in [3.63, 3.8) is 0 Å². The largest absolute Gasteiger partial charge is 0.493 e. The van der Waals surface area contributed by atoms with E-state index in [1.54, 1.807) is 13.4 Å². The molecule has 0 N–H and O–H groups in total. The minimum atomic E-state index is 0.495. The minimum Gasteiger partial charge on any atom is -0.493 e. The van der Waals surface area contributed by atoms with Gasteiger partial charge in [0.25, 0.3) is 0 Å². The Labute approximate surface area is 123 Å². The van der Waals surface area contributed by atoms with Gasteiger partial charge in [0.1, 0.15) is 12.9 Å². The van der Waals surface area contributed by atoms with Crippen molar-refractivity contribution in [2.24, 2.45) is 0 Å². The van der Waals surface area contributed by atoms with Crippen LogP contribution in [0.25, 0.3) is 10.9 Å². The van der Waals surface area contributed by atoms with Gasteiger partial charge in [-0.1, -0.05) is 30.3 Å². The van der Waals surface area contributed by atoms with Gasteiger partial charge in [-0.3, -0.25) is 0 Å². The molecule has 0 spiro atoms. The van der Waals surface area contributed by atoms with E-state index >= 15 is 0 Å². The normalized spacial score (nSPS) is 10.6. The van der Waals surface area contributed by atoms with Crippen molar-refractivity contribution in [2.45, 2.75) is 13.5 Å². The third-order valence-corrected chi connectivity index (χ3v) is 3.36. The van der Waals surface area contributed by atoms with Gasteiger partial charge in [0.15, 0.2) is 11.5 Å². The second kappa shape index (κ2) is 5.79. The van der Waals surface area contributed by atoms with Crippen LogP contribution in [0, 0.1) is 6.92 Å². The summed E-state index contributed by atoms with van der Waals surface area (Å²) < 4.78 is 11.3. The van der Waals surface area contributed by atoms with Gasteiger partial charge >= 0.3 is 0 Å². The summed E-state index contributed by atoms with van der Waals surface area (Å²) in [6, 6.07) is 13.9. The third kappa shape index (κ3) is 2.79. The summed E-state index contributed by atoms with van der Waals surface area (Å²) in [6.07, 6.45) is 1.56. The molecule has 21 heavy (non-hydrogen) atoms. The van der Waals surface area contributed by atoms with Crippen LogP contribution in [0.2, 0.25) is 0 Å². The molecule has 0 saturated carbocycles. The van der Waals surface area contributed by atoms with Crippen LogP contribution in [-0.4, -0.2) is 17.1 Å². The lowest BCUT2D eigenvalue weighted by Gasteiger charge is -2.12. The first-order valence-electron chi connectivity index (χ1n) is 6.74. The molecule has 0 amide bonds. The molecule has 3 aromatic rings. The smallest absolute Gasteiger partial charge is 0.162 e. The Morgan fingerprint density at radius 1 is 1.00 bits per heavy atom. The summed E-state index contributed by atoms with van der Waals surface area (Å²) in [6.45, 7) is 2.45. The molecule has 0 unspecified atom stereocenters. The molecule has 0 aliphatic carbocycles. The van der Waals surface area contributed by atoms with Crippen LogP contribution in [0.1, 0.15) is 11.3 Å². The maximum absolute atomic E-state index is 5.90. The first-order chi connectivity index (χ1) is 10.3. The number of nitrogens with zero attached hydrogens (tertiary/aromatic N) is 2. The molecule has 4 nitrogen and oxygen atoms in total. The topological polar surface area (TPSA) is 44.2 Å². The van der Waals surface area contributed by atoms with Crippen molar-refractivity contribution in [3.05, 3.63) is 60.0 Å². The van der Waals surface area contributed by atoms with Gasteiger partial charge in [0.2, 0.25) is 0 Å². The van der Waals surface area contributed by atoms with Crippen molar-refractivity contribution in [3.8, 4) is 11.5 Å². The maximum atomic E-state index is 5.90. The number of aromatic nitrogens is 2. The third-order valence-electron chi connectivity index (χ3n) is 3.36. The second-order valence-corrected chi connectivity index (χ2v) is 4.75. The molecule has 0 aliphatic heterocycles. The summed E-state index contributed by atoms with van der Waals surface area (Å²) in [5.41, 5.74) is 2.89. The quantitative estimate of drug-likeness (QED) is 0.733. The number of fused-ring (bicyclic) bond motifs is 1. The zero-order valence-electron chi connectivity index (χ0n) is 12.0. The SMILES string of the molecule is COc1cc2ncnc(C)c2cc1OCc1ccccc1. The van der Waals surface area contributed by atoms with Crippen LogP contribution in [0.5, 0.6) is 11.5 Å². The van der Waals surface area contributed by atoms with E-state index in [1.165, 1.54) is 0 Å². The molecule has 106 valence electrons. The number of ether oxygens (including phenoxy) is 2. The Balaban J connectivity index is 1.95. The van der Waals surface area contributed by atoms with Gasteiger partial charge in [0.05, 0.1) is 12.6 Å². The van der Waals surface area contributed by atoms with E-state index in [1.807, 2.05) is 49.4 Å². The van der Waals surface area contributed by atoms with Gasteiger partial charge in [-0.25, -0.2) is 9.97 Å². The van der Waals surface area contributed by atoms with E-state index in [0.717, 1.165) is 22.2 Å². The number of aryl methyl sites for hydroxylation is 1. The predicted molar refractivity (Wildman–Crippen MR) is 81.6 cm³/mol. The van der Waals surface area contributed by atoms with E-state index in [9.17, 15) is 0 Å². The van der Waals surface area contributed by atoms with E-state index in [4.69, 9.17) is 9.47 Å². The van der Waals surface area contributed by atoms with Crippen LogP contribution >= 0.6 is 0 Å². The summed E-state index contributed by atoms with van der Waals surface area (Å²) >= 11 is 0. The van der Waals surface area contributed by atoms with Crippen molar-refractivity contribution in [2.75, 3.05) is 7.11 Å². The average molecular weight is 280 g/mol. The number of benzene rings is 2. The van der Waals surface area contributed by atoms with E-state index in [0.29, 0.717) is 18.1 Å². The zero-order valence-corrected chi connectivity index (χ0v) is 12.0. The predicted octanol–water partition coefficient (Wildman–Crippen LogP) is 3.53. The lowest BCUT2D eigenvalue weighted by molar-refractivity contribution is 0.285. The first kappa shape index (κ1) is 13.4. The summed E-state index contributed by atoms with van der Waals surface area (Å²) in [5.74, 6) is 1.38. The minimum absolute atomic E-state index is 0.495. The first-order valence-corrected chi connectivity index (χ1v) is 6.74. The van der Waals surface area contributed by atoms with Crippen LogP contribution in [0.3, 0.4) is 0 Å². The van der Waals surface area contributed by atoms with Gasteiger partial charge in [-0.2, -0.15) is 0 Å². The van der Waals surface area contributed by atoms with Crippen LogP contribution in [-0.2, 0) is 6.61 Å². The summed E-state index contributed by atoms with van der Waals surface area (Å²) in [4.78, 5) is 8.48. The average Bonchev–Trinajstić information content (AvgIpc) is 2.53. The van der Waals surface area contributed by atoms with Crippen molar-refractivity contribution < 1.29 is 9.47 Å². The highest BCUT2D eigenvalue weighted by atomic mass is 16.5. The zero-order chi connectivity index (χ0) is 14.7. The van der Waals surface area contributed by atoms with Crippen molar-refractivity contribution in [1.82, 2.24) is 9.97 Å². The van der Waals surface area contributed by atoms with Gasteiger partial charge in [0, 0.05) is 17.1 Å². The lowest BCUT2D eigenvalue weighted by Crippen LogP contribution is -1.98. The molecule has 1 aromatic heterocycles. The number of hydrogen-bond acceptors (Lipinski definition) is 4. The fraction of sp³-hybridized carbons (Fsp3) is 0.176. The lowest BCUT2D eigenvalue weighted by atomic mass is 10.1. The number of methoxy groups -OCH3 is 1. The van der Waals surface area contributed by atoms with Crippen LogP contribution in [0.4, 0.5) is 0 Å². The molecule has 0 saturated heterocycles. The van der Waals surface area contributed by atoms with Crippen molar-refractivity contribution in [1.29, 1.82) is 0 Å². The van der Waals surface area contributed by atoms with Gasteiger partial charge in [-0.05, 0) is 18.6 Å². The molecule has 0 bridgehead atoms. The highest BCUT2D eigenvalue weighted by Gasteiger charge is 2.10. The molecule has 1 heterocycles. The molecule has 3 rings (SSSR count). The number of rotatable bonds is 4. The Hall–Kier alpha value is -2.62. The second-order valence-electron chi connectivity index (χ2n) is 4.75. The van der Waals surface area contributed by atoms with Crippen LogP contribution < -0.4 is 9.47 Å². The monoisotopic (exact) mass is 280 g/mol. The molecular weight excluding hydrogens is 264 g/mol. The highest BCUT2D eigenvalue weighted by Crippen LogP contribution is 2.32. The van der Waals surface area contributed by atoms with E-state index in [2.05, 4.69) is 9.97 Å². The van der Waals surface area contributed by atoms with E-state index in [-0.39, 0.29) is 0 Å². The molecule has 0 fully saturated rings. The molecule has 0 aliphatic rings. The Bertz CT molecular complexity index is 757. The maximum Gasteiger partial charge on any atom is 0.162 e. The van der Waals surface area contributed by atoms with Crippen molar-refractivity contribution >= 4 is 10.9 Å². The molecule has 4 heteroatoms. The van der Waals surface area contributed by atoms with Gasteiger partial charge < -0.3 is 9.47 Å². The number of hydrogen-bond donors (Lipinski definition) is 0. The summed E-state index contributed by atoms with van der Waals surface area (Å²) in [7, 11) is 1.63. The Morgan fingerprint density at radius 3 is 2.57 bits per heavy atom. The van der Waals surface area contributed by atoms with Gasteiger partial charge in [-0.15, -0.1) is 0 Å². The Kier molecular flexibility index (Phi) is 3.69. The highest BCUT2D eigenvalue weighted by molar-refractivity contribution is 5.84. The molecule has 2 aromatic carbocycles. The van der Waals surface area contributed by atoms with E-state index < -0.39 is 0 Å². The fourth-order valence-corrected chi connectivity index (χ4v) is 2.20. The molecule has 0 radical (unpaired) electrons. The molecule has 0 atom stereocenters. The standard InChI is InChI=1S/C17H16N2O2/c1-12-14-8-17(21-10-13-6-4-3-5-7-13)16(20-2)9-15(14)19-11-18-12/h3-9,11H,10H2,1-2H3. The molecular formula is C17H16N2O2. The Morgan fingerprint density at radius 2 is 1.81 bits per heavy atom. The fourth-order valence-electron chi connectivity index (χ4n) is 2.20. The van der Waals surface area contributed by atoms with Crippen LogP contribution in [0.15, 0.2) is 48.8 Å².